The second kappa shape index (κ2) is 6.59. The van der Waals surface area contributed by atoms with Crippen molar-refractivity contribution in [3.05, 3.63) is 52.2 Å². The van der Waals surface area contributed by atoms with Crippen LogP contribution in [0.25, 0.3) is 16.8 Å². The Morgan fingerprint density at radius 3 is 2.83 bits per heavy atom. The van der Waals surface area contributed by atoms with Gasteiger partial charge in [0.25, 0.3) is 0 Å². The minimum atomic E-state index is -0.323. The first-order valence-electron chi connectivity index (χ1n) is 9.41. The van der Waals surface area contributed by atoms with Crippen molar-refractivity contribution >= 4 is 22.6 Å². The van der Waals surface area contributed by atoms with Gasteiger partial charge in [-0.25, -0.2) is 24.3 Å². The van der Waals surface area contributed by atoms with Crippen LogP contribution in [0.5, 0.6) is 0 Å². The number of imidazole rings is 1. The Kier molecular flexibility index (Phi) is 4.02. The number of ketones is 1. The molecule has 1 fully saturated rings. The third-order valence-electron chi connectivity index (χ3n) is 5.46. The lowest BCUT2D eigenvalue weighted by atomic mass is 10.1. The molecule has 0 bridgehead atoms. The lowest BCUT2D eigenvalue weighted by Crippen LogP contribution is -2.30. The number of nitrogens with zero attached hydrogens (tertiary/aromatic N) is 7. The molecule has 10 heteroatoms. The quantitative estimate of drug-likeness (QED) is 0.479. The van der Waals surface area contributed by atoms with E-state index in [0.29, 0.717) is 35.6 Å². The van der Waals surface area contributed by atoms with E-state index in [4.69, 9.17) is 4.74 Å². The van der Waals surface area contributed by atoms with Crippen molar-refractivity contribution in [1.29, 1.82) is 0 Å². The minimum Gasteiger partial charge on any atom is -0.381 e. The van der Waals surface area contributed by atoms with Crippen molar-refractivity contribution in [2.75, 3.05) is 13.2 Å². The summed E-state index contributed by atoms with van der Waals surface area (Å²) in [7, 11) is 1.69. The van der Waals surface area contributed by atoms with Gasteiger partial charge in [-0.05, 0) is 31.4 Å². The van der Waals surface area contributed by atoms with E-state index in [1.807, 2.05) is 6.92 Å². The summed E-state index contributed by atoms with van der Waals surface area (Å²) in [4.78, 5) is 38.9. The third-order valence-corrected chi connectivity index (χ3v) is 5.46. The monoisotopic (exact) mass is 393 g/mol. The molecule has 0 atom stereocenters. The molecule has 29 heavy (non-hydrogen) atoms. The molecule has 148 valence electrons. The highest BCUT2D eigenvalue weighted by Gasteiger charge is 2.25. The number of fused-ring (bicyclic) bond motifs is 2. The van der Waals surface area contributed by atoms with Crippen LogP contribution in [0.4, 0.5) is 0 Å². The average molecular weight is 393 g/mol. The molecule has 4 aromatic heterocycles. The molecule has 5 heterocycles. The smallest absolute Gasteiger partial charge is 0.330 e. The predicted octanol–water partition coefficient (Wildman–Crippen LogP) is 1.06. The van der Waals surface area contributed by atoms with E-state index in [9.17, 15) is 9.59 Å². The number of aromatic nitrogens is 7. The van der Waals surface area contributed by atoms with Crippen LogP contribution in [-0.4, -0.2) is 52.7 Å². The van der Waals surface area contributed by atoms with Crippen molar-refractivity contribution in [1.82, 2.24) is 33.7 Å². The summed E-state index contributed by atoms with van der Waals surface area (Å²) in [5, 5.41) is 4.09. The molecule has 0 unspecified atom stereocenters. The topological polar surface area (TPSA) is 109 Å². The highest BCUT2D eigenvalue weighted by molar-refractivity contribution is 6.08. The summed E-state index contributed by atoms with van der Waals surface area (Å²) in [6, 6.07) is 1.78. The zero-order valence-electron chi connectivity index (χ0n) is 16.1. The number of hydrogen-bond acceptors (Lipinski definition) is 7. The van der Waals surface area contributed by atoms with Crippen LogP contribution in [-0.2, 0) is 11.8 Å². The van der Waals surface area contributed by atoms with Gasteiger partial charge in [-0.15, -0.1) is 0 Å². The molecule has 1 aliphatic rings. The van der Waals surface area contributed by atoms with Crippen LogP contribution in [0.15, 0.2) is 29.6 Å². The van der Waals surface area contributed by atoms with E-state index in [2.05, 4.69) is 20.1 Å². The second-order valence-electron chi connectivity index (χ2n) is 7.22. The van der Waals surface area contributed by atoms with Gasteiger partial charge in [0.2, 0.25) is 11.6 Å². The zero-order chi connectivity index (χ0) is 20.1. The molecule has 4 aromatic rings. The Morgan fingerprint density at radius 1 is 1.24 bits per heavy atom. The van der Waals surface area contributed by atoms with Gasteiger partial charge in [-0.3, -0.25) is 13.9 Å². The number of pyridine rings is 1. The van der Waals surface area contributed by atoms with Crippen molar-refractivity contribution < 1.29 is 9.53 Å². The Balaban J connectivity index is 1.64. The number of hydrogen-bond donors (Lipinski definition) is 0. The van der Waals surface area contributed by atoms with Crippen molar-refractivity contribution in [2.45, 2.75) is 25.8 Å². The van der Waals surface area contributed by atoms with Gasteiger partial charge in [-0.2, -0.15) is 5.10 Å². The molecule has 0 amide bonds. The van der Waals surface area contributed by atoms with Crippen LogP contribution in [0.3, 0.4) is 0 Å². The molecule has 0 spiro atoms. The lowest BCUT2D eigenvalue weighted by molar-refractivity contribution is 0.0695. The Hall–Kier alpha value is -3.40. The van der Waals surface area contributed by atoms with Crippen molar-refractivity contribution in [3.63, 3.8) is 0 Å². The van der Waals surface area contributed by atoms with Gasteiger partial charge in [0.15, 0.2) is 11.3 Å². The van der Waals surface area contributed by atoms with Gasteiger partial charge in [0, 0.05) is 38.1 Å². The molecule has 0 aliphatic carbocycles. The first-order valence-corrected chi connectivity index (χ1v) is 9.41. The lowest BCUT2D eigenvalue weighted by Gasteiger charge is -2.22. The highest BCUT2D eigenvalue weighted by Crippen LogP contribution is 2.23. The molecule has 0 N–H and O–H groups in total. The maximum absolute atomic E-state index is 13.2. The summed E-state index contributed by atoms with van der Waals surface area (Å²) in [6.45, 7) is 3.03. The Morgan fingerprint density at radius 2 is 2.03 bits per heavy atom. The molecule has 5 rings (SSSR count). The molecule has 0 aromatic carbocycles. The maximum atomic E-state index is 13.2. The van der Waals surface area contributed by atoms with Crippen LogP contribution < -0.4 is 5.69 Å². The fraction of sp³-hybridized carbons (Fsp3) is 0.368. The fourth-order valence-electron chi connectivity index (χ4n) is 3.83. The standard InChI is InChI=1S/C19H19N7O3/c1-11-7-15-21-10-22-25(15)9-13(11)16(27)17-20-8-14-18(23-17)26(19(28)24(14)2)12-3-5-29-6-4-12/h7-10,12H,3-6H2,1-2H3. The molecule has 0 radical (unpaired) electrons. The van der Waals surface area contributed by atoms with Crippen molar-refractivity contribution in [3.8, 4) is 0 Å². The largest absolute Gasteiger partial charge is 0.381 e. The molecular formula is C19H19N7O3. The second-order valence-corrected chi connectivity index (χ2v) is 7.22. The van der Waals surface area contributed by atoms with Gasteiger partial charge in [0.1, 0.15) is 11.8 Å². The predicted molar refractivity (Wildman–Crippen MR) is 103 cm³/mol. The van der Waals surface area contributed by atoms with Gasteiger partial charge >= 0.3 is 5.69 Å². The number of carbonyl (C=O) groups excluding carboxylic acids is 1. The molecule has 10 nitrogen and oxygen atoms in total. The van der Waals surface area contributed by atoms with Crippen LogP contribution in [0.1, 0.15) is 40.6 Å². The number of carbonyl (C=O) groups is 1. The summed E-state index contributed by atoms with van der Waals surface area (Å²) >= 11 is 0. The fourth-order valence-corrected chi connectivity index (χ4v) is 3.83. The van der Waals surface area contributed by atoms with Crippen LogP contribution in [0.2, 0.25) is 0 Å². The van der Waals surface area contributed by atoms with E-state index >= 15 is 0 Å². The first-order chi connectivity index (χ1) is 14.0. The van der Waals surface area contributed by atoms with Crippen LogP contribution >= 0.6 is 0 Å². The highest BCUT2D eigenvalue weighted by atomic mass is 16.5. The van der Waals surface area contributed by atoms with E-state index in [1.165, 1.54) is 17.1 Å². The maximum Gasteiger partial charge on any atom is 0.330 e. The van der Waals surface area contributed by atoms with E-state index < -0.39 is 0 Å². The summed E-state index contributed by atoms with van der Waals surface area (Å²) in [6.07, 6.45) is 6.06. The summed E-state index contributed by atoms with van der Waals surface area (Å²) in [5.74, 6) is -0.275. The number of ether oxygens (including phenoxy) is 1. The third kappa shape index (κ3) is 2.75. The van der Waals surface area contributed by atoms with E-state index in [-0.39, 0.29) is 23.3 Å². The molecular weight excluding hydrogens is 374 g/mol. The van der Waals surface area contributed by atoms with Gasteiger partial charge < -0.3 is 4.74 Å². The molecule has 0 saturated carbocycles. The Bertz CT molecular complexity index is 1310. The van der Waals surface area contributed by atoms with Gasteiger partial charge in [-0.1, -0.05) is 0 Å². The Labute approximate surface area is 164 Å². The van der Waals surface area contributed by atoms with Crippen molar-refractivity contribution in [2.24, 2.45) is 7.05 Å². The van der Waals surface area contributed by atoms with E-state index in [1.54, 1.807) is 28.4 Å². The van der Waals surface area contributed by atoms with E-state index in [0.717, 1.165) is 18.4 Å². The zero-order valence-corrected chi connectivity index (χ0v) is 16.1. The average Bonchev–Trinajstić information content (AvgIpc) is 3.29. The number of rotatable bonds is 3. The minimum absolute atomic E-state index is 0.00830. The SMILES string of the molecule is Cc1cc2ncnn2cc1C(=O)c1ncc2c(n1)n(C1CCOCC1)c(=O)n2C. The number of aryl methyl sites for hydroxylation is 2. The molecule has 1 aliphatic heterocycles. The van der Waals surface area contributed by atoms with Gasteiger partial charge in [0.05, 0.1) is 6.20 Å². The van der Waals surface area contributed by atoms with Crippen LogP contribution in [0, 0.1) is 6.92 Å². The first kappa shape index (κ1) is 17.7. The summed E-state index contributed by atoms with van der Waals surface area (Å²) in [5.41, 5.74) is 2.77. The summed E-state index contributed by atoms with van der Waals surface area (Å²) < 4.78 is 10.1. The molecule has 1 saturated heterocycles. The normalized spacial score (nSPS) is 15.4.